The molecule has 1 N–H and O–H groups in total. The normalized spacial score (nSPS) is 19.2. The molecule has 1 saturated carbocycles. The molecule has 4 heterocycles. The van der Waals surface area contributed by atoms with Crippen LogP contribution in [0.5, 0.6) is 0 Å². The molecule has 2 aliphatic rings. The number of nitrogens with one attached hydrogen (secondary N) is 1. The number of aromatic nitrogens is 6. The minimum atomic E-state index is -2.90. The van der Waals surface area contributed by atoms with Gasteiger partial charge < -0.3 is 14.6 Å². The molecule has 0 radical (unpaired) electrons. The highest BCUT2D eigenvalue weighted by Crippen LogP contribution is 2.35. The van der Waals surface area contributed by atoms with E-state index >= 15 is 0 Å². The van der Waals surface area contributed by atoms with Crippen LogP contribution in [0.25, 0.3) is 22.6 Å². The van der Waals surface area contributed by atoms with Crippen LogP contribution in [-0.2, 0) is 4.79 Å². The van der Waals surface area contributed by atoms with Crippen molar-refractivity contribution in [3.05, 3.63) is 83.9 Å². The number of hydrogen-bond acceptors (Lipinski definition) is 9. The Hall–Kier alpha value is -5.18. The molecule has 2 fully saturated rings. The quantitative estimate of drug-likeness (QED) is 0.273. The van der Waals surface area contributed by atoms with Crippen molar-refractivity contribution < 1.29 is 27.2 Å². The number of halogens is 3. The van der Waals surface area contributed by atoms with Crippen LogP contribution in [0, 0.1) is 5.92 Å². The van der Waals surface area contributed by atoms with E-state index in [-0.39, 0.29) is 40.4 Å². The molecular formula is C30H26F3N9O3. The summed E-state index contributed by atoms with van der Waals surface area (Å²) >= 11 is 0. The van der Waals surface area contributed by atoms with E-state index in [4.69, 9.17) is 4.42 Å². The fourth-order valence-corrected chi connectivity index (χ4v) is 5.41. The number of pyridine rings is 1. The maximum Gasteiger partial charge on any atom is 0.350 e. The maximum atomic E-state index is 13.5. The number of fused-ring (bicyclic) bond motifs is 1. The molecule has 1 aliphatic carbocycles. The zero-order valence-corrected chi connectivity index (χ0v) is 23.6. The third-order valence-electron chi connectivity index (χ3n) is 7.88. The van der Waals surface area contributed by atoms with Crippen LogP contribution in [0.15, 0.2) is 71.3 Å². The molecule has 2 amide bonds. The zero-order chi connectivity index (χ0) is 31.1. The van der Waals surface area contributed by atoms with Crippen LogP contribution in [0.1, 0.15) is 40.9 Å². The molecule has 0 unspecified atom stereocenters. The van der Waals surface area contributed by atoms with Gasteiger partial charge in [-0.15, -0.1) is 10.2 Å². The minimum Gasteiger partial charge on any atom is -0.436 e. The van der Waals surface area contributed by atoms with E-state index in [0.717, 1.165) is 5.56 Å². The van der Waals surface area contributed by atoms with E-state index in [2.05, 4.69) is 30.7 Å². The Morgan fingerprint density at radius 1 is 1.00 bits per heavy atom. The highest BCUT2D eigenvalue weighted by atomic mass is 19.3. The summed E-state index contributed by atoms with van der Waals surface area (Å²) in [5, 5.41) is 14.0. The van der Waals surface area contributed by atoms with E-state index in [1.807, 2.05) is 35.2 Å². The van der Waals surface area contributed by atoms with Gasteiger partial charge in [-0.05, 0) is 47.5 Å². The number of oxazole rings is 1. The Morgan fingerprint density at radius 3 is 2.49 bits per heavy atom. The second-order valence-corrected chi connectivity index (χ2v) is 10.9. The predicted octanol–water partition coefficient (Wildman–Crippen LogP) is 4.12. The SMILES string of the molecule is O=C(Nc1ccc2oc(-c3ccnc(C(=O)N4CCN([C@H](c5ccccc5)c5nnn(C(F)F)n5)CC4)c3)nc2c1)[C@@H]1C[C@@H]1F. The molecule has 7 rings (SSSR count). The van der Waals surface area contributed by atoms with Gasteiger partial charge in [0, 0.05) is 43.6 Å². The monoisotopic (exact) mass is 617 g/mol. The molecule has 1 saturated heterocycles. The van der Waals surface area contributed by atoms with Crippen molar-refractivity contribution in [1.29, 1.82) is 0 Å². The van der Waals surface area contributed by atoms with Gasteiger partial charge in [-0.1, -0.05) is 35.1 Å². The first-order valence-electron chi connectivity index (χ1n) is 14.3. The Morgan fingerprint density at radius 2 is 1.78 bits per heavy atom. The first-order valence-corrected chi connectivity index (χ1v) is 14.3. The molecule has 3 atom stereocenters. The van der Waals surface area contributed by atoms with Gasteiger partial charge in [-0.2, -0.15) is 8.78 Å². The molecule has 45 heavy (non-hydrogen) atoms. The first kappa shape index (κ1) is 28.6. The van der Waals surface area contributed by atoms with E-state index in [9.17, 15) is 22.8 Å². The van der Waals surface area contributed by atoms with Gasteiger partial charge >= 0.3 is 6.55 Å². The van der Waals surface area contributed by atoms with Gasteiger partial charge in [0.05, 0.1) is 12.0 Å². The number of alkyl halides is 3. The van der Waals surface area contributed by atoms with Crippen LogP contribution in [0.3, 0.4) is 0 Å². The third-order valence-corrected chi connectivity index (χ3v) is 7.88. The molecular weight excluding hydrogens is 591 g/mol. The smallest absolute Gasteiger partial charge is 0.350 e. The van der Waals surface area contributed by atoms with Gasteiger partial charge in [0.15, 0.2) is 11.4 Å². The number of anilines is 1. The molecule has 2 aromatic carbocycles. The lowest BCUT2D eigenvalue weighted by molar-refractivity contribution is -0.117. The summed E-state index contributed by atoms with van der Waals surface area (Å²) in [7, 11) is 0. The van der Waals surface area contributed by atoms with Crippen LogP contribution in [0.2, 0.25) is 0 Å². The average Bonchev–Trinajstić information content (AvgIpc) is 3.40. The number of rotatable bonds is 8. The fraction of sp³-hybridized carbons (Fsp3) is 0.300. The number of nitrogens with zero attached hydrogens (tertiary/aromatic N) is 8. The Bertz CT molecular complexity index is 1860. The van der Waals surface area contributed by atoms with Gasteiger partial charge in [-0.25, -0.2) is 9.37 Å². The van der Waals surface area contributed by atoms with Crippen molar-refractivity contribution in [2.24, 2.45) is 5.92 Å². The molecule has 1 aliphatic heterocycles. The molecule has 3 aromatic heterocycles. The maximum absolute atomic E-state index is 13.5. The summed E-state index contributed by atoms with van der Waals surface area (Å²) in [4.78, 5) is 38.4. The first-order chi connectivity index (χ1) is 21.8. The standard InChI is InChI=1S/C30H26F3N9O3/c31-21-16-20(21)27(43)35-19-6-7-24-22(15-19)36-28(45-24)18-8-9-34-23(14-18)29(44)41-12-10-40(11-13-41)25(17-4-2-1-3-5-17)26-37-39-42(38-26)30(32)33/h1-9,14-15,20-21,25,30H,10-13,16H2,(H,35,43)/t20-,21+,25-/m1/s1. The van der Waals surface area contributed by atoms with Crippen molar-refractivity contribution in [2.75, 3.05) is 31.5 Å². The molecule has 15 heteroatoms. The van der Waals surface area contributed by atoms with Crippen molar-refractivity contribution in [1.82, 2.24) is 40.0 Å². The lowest BCUT2D eigenvalue weighted by Gasteiger charge is -2.38. The number of amides is 2. The van der Waals surface area contributed by atoms with Crippen LogP contribution >= 0.6 is 0 Å². The Kier molecular flexibility index (Phi) is 7.45. The van der Waals surface area contributed by atoms with Crippen LogP contribution in [0.4, 0.5) is 18.9 Å². The summed E-state index contributed by atoms with van der Waals surface area (Å²) in [6.07, 6.45) is 0.651. The van der Waals surface area contributed by atoms with Gasteiger partial charge in [0.25, 0.3) is 5.91 Å². The van der Waals surface area contributed by atoms with Crippen molar-refractivity contribution in [3.8, 4) is 11.5 Å². The van der Waals surface area contributed by atoms with Gasteiger partial charge in [0.1, 0.15) is 17.4 Å². The highest BCUT2D eigenvalue weighted by Gasteiger charge is 2.43. The largest absolute Gasteiger partial charge is 0.436 e. The fourth-order valence-electron chi connectivity index (χ4n) is 5.41. The number of hydrogen-bond donors (Lipinski definition) is 1. The zero-order valence-electron chi connectivity index (χ0n) is 23.6. The second kappa shape index (κ2) is 11.7. The average molecular weight is 618 g/mol. The summed E-state index contributed by atoms with van der Waals surface area (Å²) < 4.78 is 45.5. The predicted molar refractivity (Wildman–Crippen MR) is 154 cm³/mol. The van der Waals surface area contributed by atoms with Gasteiger partial charge in [0.2, 0.25) is 11.8 Å². The third kappa shape index (κ3) is 5.85. The summed E-state index contributed by atoms with van der Waals surface area (Å²) in [6.45, 7) is -1.31. The second-order valence-electron chi connectivity index (χ2n) is 10.9. The summed E-state index contributed by atoms with van der Waals surface area (Å²) in [5.41, 5.74) is 3.04. The lowest BCUT2D eigenvalue weighted by atomic mass is 10.0. The highest BCUT2D eigenvalue weighted by molar-refractivity contribution is 5.96. The Balaban J connectivity index is 1.05. The van der Waals surface area contributed by atoms with Crippen molar-refractivity contribution >= 4 is 28.6 Å². The summed E-state index contributed by atoms with van der Waals surface area (Å²) in [6, 6.07) is 17.1. The molecule has 230 valence electrons. The topological polar surface area (TPSA) is 135 Å². The number of tetrazole rings is 1. The van der Waals surface area contributed by atoms with Crippen LogP contribution < -0.4 is 5.32 Å². The van der Waals surface area contributed by atoms with E-state index in [1.165, 1.54) is 6.20 Å². The van der Waals surface area contributed by atoms with Gasteiger partial charge in [-0.3, -0.25) is 19.5 Å². The van der Waals surface area contributed by atoms with Crippen molar-refractivity contribution in [2.45, 2.75) is 25.2 Å². The molecule has 12 nitrogen and oxygen atoms in total. The molecule has 0 bridgehead atoms. The number of carbonyl (C=O) groups excluding carboxylic acids is 2. The lowest BCUT2D eigenvalue weighted by Crippen LogP contribution is -2.50. The van der Waals surface area contributed by atoms with Crippen LogP contribution in [-0.4, -0.2) is 84.1 Å². The molecule has 0 spiro atoms. The number of piperazine rings is 1. The number of benzene rings is 2. The van der Waals surface area contributed by atoms with Crippen molar-refractivity contribution in [3.63, 3.8) is 0 Å². The minimum absolute atomic E-state index is 0.153. The number of carbonyl (C=O) groups is 2. The molecule has 5 aromatic rings. The van der Waals surface area contributed by atoms with E-state index in [1.54, 1.807) is 35.2 Å². The Labute approximate surface area is 253 Å². The van der Waals surface area contributed by atoms with E-state index < -0.39 is 24.7 Å². The summed E-state index contributed by atoms with van der Waals surface area (Å²) in [5.74, 6) is -0.824. The van der Waals surface area contributed by atoms with E-state index in [0.29, 0.717) is 48.5 Å².